The molecule has 0 amide bonds. The summed E-state index contributed by atoms with van der Waals surface area (Å²) in [5, 5.41) is 4.39. The number of nitrogens with zero attached hydrogens (tertiary/aromatic N) is 2. The molecule has 1 aliphatic heterocycles. The van der Waals surface area contributed by atoms with Gasteiger partial charge in [-0.1, -0.05) is 30.3 Å². The van der Waals surface area contributed by atoms with Crippen molar-refractivity contribution in [3.63, 3.8) is 0 Å². The zero-order valence-electron chi connectivity index (χ0n) is 14.7. The first-order valence-electron chi connectivity index (χ1n) is 8.62. The zero-order chi connectivity index (χ0) is 17.6. The van der Waals surface area contributed by atoms with Gasteiger partial charge in [0.15, 0.2) is 0 Å². The van der Waals surface area contributed by atoms with Crippen molar-refractivity contribution in [3.8, 4) is 0 Å². The van der Waals surface area contributed by atoms with Crippen LogP contribution in [0.25, 0.3) is 0 Å². The number of benzene rings is 2. The van der Waals surface area contributed by atoms with Gasteiger partial charge in [-0.15, -0.1) is 5.10 Å². The Morgan fingerprint density at radius 3 is 2.88 bits per heavy atom. The highest BCUT2D eigenvalue weighted by Crippen LogP contribution is 2.27. The maximum absolute atomic E-state index is 12.5. The number of rotatable bonds is 3. The Balaban J connectivity index is 1.93. The van der Waals surface area contributed by atoms with Crippen LogP contribution in [0.1, 0.15) is 24.5 Å². The smallest absolute Gasteiger partial charge is 0.376 e. The molecule has 0 unspecified atom stereocenters. The number of carbonyl (C=O) groups excluding carboxylic acids is 1. The molecule has 25 heavy (non-hydrogen) atoms. The lowest BCUT2D eigenvalue weighted by Gasteiger charge is -2.30. The molecule has 0 aliphatic carbocycles. The topological polar surface area (TPSA) is 53.9 Å². The van der Waals surface area contributed by atoms with Gasteiger partial charge in [0, 0.05) is 12.2 Å². The fraction of sp³-hybridized carbons (Fsp3) is 0.300. The second-order valence-electron chi connectivity index (χ2n) is 6.02. The van der Waals surface area contributed by atoms with Crippen molar-refractivity contribution in [3.05, 3.63) is 59.7 Å². The van der Waals surface area contributed by atoms with Crippen molar-refractivity contribution in [2.75, 3.05) is 23.5 Å². The standard InChI is InChI=1S/C20H23N3O2/c1-3-25-20(24)19(22-21-17-11-6-8-15(2)14-17)23-13-7-10-16-9-4-5-12-18(16)23/h4-6,8-9,11-12,14,21H,3,7,10,13H2,1-2H3. The number of esters is 1. The average molecular weight is 337 g/mol. The summed E-state index contributed by atoms with van der Waals surface area (Å²) in [4.78, 5) is 14.4. The fourth-order valence-electron chi connectivity index (χ4n) is 3.00. The van der Waals surface area contributed by atoms with E-state index in [1.165, 1.54) is 5.56 Å². The van der Waals surface area contributed by atoms with Crippen LogP contribution in [-0.2, 0) is 16.0 Å². The molecule has 1 N–H and O–H groups in total. The molecule has 1 heterocycles. The molecule has 0 saturated heterocycles. The van der Waals surface area contributed by atoms with E-state index in [0.29, 0.717) is 6.61 Å². The van der Waals surface area contributed by atoms with E-state index in [-0.39, 0.29) is 5.84 Å². The van der Waals surface area contributed by atoms with E-state index in [9.17, 15) is 4.79 Å². The Morgan fingerprint density at radius 2 is 2.08 bits per heavy atom. The number of hydrogen-bond acceptors (Lipinski definition) is 4. The van der Waals surface area contributed by atoms with Crippen LogP contribution in [-0.4, -0.2) is 25.0 Å². The van der Waals surface area contributed by atoms with Gasteiger partial charge in [-0.2, -0.15) is 0 Å². The third kappa shape index (κ3) is 3.99. The van der Waals surface area contributed by atoms with Crippen molar-refractivity contribution in [2.24, 2.45) is 5.10 Å². The number of nitrogens with one attached hydrogen (secondary N) is 1. The van der Waals surface area contributed by atoms with E-state index in [2.05, 4.69) is 16.6 Å². The summed E-state index contributed by atoms with van der Waals surface area (Å²) in [6.45, 7) is 4.87. The SMILES string of the molecule is CCOC(=O)C(=NNc1cccc(C)c1)N1CCCc2ccccc21. The van der Waals surface area contributed by atoms with Crippen LogP contribution >= 0.6 is 0 Å². The second kappa shape index (κ2) is 7.83. The van der Waals surface area contributed by atoms with E-state index in [0.717, 1.165) is 36.3 Å². The van der Waals surface area contributed by atoms with Gasteiger partial charge in [0.1, 0.15) is 0 Å². The van der Waals surface area contributed by atoms with Crippen LogP contribution in [0.4, 0.5) is 11.4 Å². The van der Waals surface area contributed by atoms with Gasteiger partial charge in [-0.05, 0) is 56.0 Å². The number of amidine groups is 1. The van der Waals surface area contributed by atoms with Crippen molar-refractivity contribution >= 4 is 23.2 Å². The molecule has 5 nitrogen and oxygen atoms in total. The summed E-state index contributed by atoms with van der Waals surface area (Å²) in [6, 6.07) is 16.0. The molecule has 0 spiro atoms. The van der Waals surface area contributed by atoms with Crippen LogP contribution < -0.4 is 10.3 Å². The number of anilines is 2. The third-order valence-corrected chi connectivity index (χ3v) is 4.13. The van der Waals surface area contributed by atoms with Crippen LogP contribution in [0.15, 0.2) is 53.6 Å². The van der Waals surface area contributed by atoms with Crippen LogP contribution in [0, 0.1) is 6.92 Å². The van der Waals surface area contributed by atoms with Gasteiger partial charge in [-0.3, -0.25) is 5.43 Å². The van der Waals surface area contributed by atoms with Crippen molar-refractivity contribution < 1.29 is 9.53 Å². The number of ether oxygens (including phenoxy) is 1. The fourth-order valence-corrected chi connectivity index (χ4v) is 3.00. The second-order valence-corrected chi connectivity index (χ2v) is 6.02. The number of hydrazone groups is 1. The Kier molecular flexibility index (Phi) is 5.33. The number of carbonyl (C=O) groups is 1. The summed E-state index contributed by atoms with van der Waals surface area (Å²) in [5.41, 5.74) is 7.21. The lowest BCUT2D eigenvalue weighted by Crippen LogP contribution is -2.41. The Labute approximate surface area is 148 Å². The normalized spacial score (nSPS) is 14.0. The van der Waals surface area contributed by atoms with Crippen molar-refractivity contribution in [2.45, 2.75) is 26.7 Å². The maximum atomic E-state index is 12.5. The predicted octanol–water partition coefficient (Wildman–Crippen LogP) is 3.74. The molecule has 0 atom stereocenters. The van der Waals surface area contributed by atoms with Crippen molar-refractivity contribution in [1.82, 2.24) is 0 Å². The molecule has 2 aromatic carbocycles. The summed E-state index contributed by atoms with van der Waals surface area (Å²) < 4.78 is 5.23. The summed E-state index contributed by atoms with van der Waals surface area (Å²) in [6.07, 6.45) is 1.98. The van der Waals surface area contributed by atoms with Gasteiger partial charge in [-0.25, -0.2) is 4.79 Å². The molecule has 2 aromatic rings. The number of para-hydroxylation sites is 1. The Morgan fingerprint density at radius 1 is 1.24 bits per heavy atom. The molecular weight excluding hydrogens is 314 g/mol. The van der Waals surface area contributed by atoms with Crippen LogP contribution in [0.2, 0.25) is 0 Å². The number of fused-ring (bicyclic) bond motifs is 1. The first-order chi connectivity index (χ1) is 12.2. The number of aryl methyl sites for hydroxylation is 2. The Bertz CT molecular complexity index is 786. The maximum Gasteiger partial charge on any atom is 0.376 e. The van der Waals surface area contributed by atoms with Crippen LogP contribution in [0.3, 0.4) is 0 Å². The monoisotopic (exact) mass is 337 g/mol. The van der Waals surface area contributed by atoms with Gasteiger partial charge in [0.25, 0.3) is 0 Å². The molecular formula is C20H23N3O2. The molecule has 0 fully saturated rings. The predicted molar refractivity (Wildman–Crippen MR) is 101 cm³/mol. The minimum absolute atomic E-state index is 0.288. The highest BCUT2D eigenvalue weighted by molar-refractivity contribution is 6.41. The summed E-state index contributed by atoms with van der Waals surface area (Å²) in [5.74, 6) is -0.130. The zero-order valence-corrected chi connectivity index (χ0v) is 14.7. The first kappa shape index (κ1) is 17.0. The summed E-state index contributed by atoms with van der Waals surface area (Å²) in [7, 11) is 0. The molecule has 0 saturated carbocycles. The molecule has 5 heteroatoms. The third-order valence-electron chi connectivity index (χ3n) is 4.13. The largest absolute Gasteiger partial charge is 0.460 e. The van der Waals surface area contributed by atoms with Gasteiger partial charge < -0.3 is 9.64 Å². The molecule has 0 aromatic heterocycles. The first-order valence-corrected chi connectivity index (χ1v) is 8.62. The van der Waals surface area contributed by atoms with Gasteiger partial charge >= 0.3 is 5.97 Å². The summed E-state index contributed by atoms with van der Waals surface area (Å²) >= 11 is 0. The van der Waals surface area contributed by atoms with E-state index in [1.807, 2.05) is 54.3 Å². The average Bonchev–Trinajstić information content (AvgIpc) is 2.62. The number of hydrogen-bond donors (Lipinski definition) is 1. The highest BCUT2D eigenvalue weighted by atomic mass is 16.5. The van der Waals surface area contributed by atoms with E-state index in [1.54, 1.807) is 6.92 Å². The molecule has 0 bridgehead atoms. The van der Waals surface area contributed by atoms with Crippen LogP contribution in [0.5, 0.6) is 0 Å². The minimum Gasteiger partial charge on any atom is -0.460 e. The van der Waals surface area contributed by atoms with E-state index >= 15 is 0 Å². The lowest BCUT2D eigenvalue weighted by atomic mass is 10.0. The molecule has 3 rings (SSSR count). The van der Waals surface area contributed by atoms with E-state index in [4.69, 9.17) is 4.74 Å². The van der Waals surface area contributed by atoms with Gasteiger partial charge in [0.2, 0.25) is 5.84 Å². The van der Waals surface area contributed by atoms with Crippen molar-refractivity contribution in [1.29, 1.82) is 0 Å². The van der Waals surface area contributed by atoms with E-state index < -0.39 is 5.97 Å². The molecule has 0 radical (unpaired) electrons. The van der Waals surface area contributed by atoms with Gasteiger partial charge in [0.05, 0.1) is 12.3 Å². The quantitative estimate of drug-likeness (QED) is 0.401. The minimum atomic E-state index is -0.417. The molecule has 130 valence electrons. The highest BCUT2D eigenvalue weighted by Gasteiger charge is 2.26. The molecule has 1 aliphatic rings. The lowest BCUT2D eigenvalue weighted by molar-refractivity contribution is -0.135. The Hall–Kier alpha value is -2.82.